The smallest absolute Gasteiger partial charge is 0.123 e. The summed E-state index contributed by atoms with van der Waals surface area (Å²) in [4.78, 5) is 0. The van der Waals surface area contributed by atoms with Gasteiger partial charge >= 0.3 is 0 Å². The topological polar surface area (TPSA) is 25.2 Å². The molecule has 0 amide bonds. The van der Waals surface area contributed by atoms with Crippen LogP contribution in [0.1, 0.15) is 37.9 Å². The Morgan fingerprint density at radius 2 is 2.38 bits per heavy atom. The maximum absolute atomic E-state index is 5.53. The van der Waals surface area contributed by atoms with E-state index in [9.17, 15) is 0 Å². The molecule has 0 radical (unpaired) electrons. The molecule has 0 aromatic carbocycles. The molecule has 2 nitrogen and oxygen atoms in total. The van der Waals surface area contributed by atoms with Crippen molar-refractivity contribution in [1.29, 1.82) is 0 Å². The van der Waals surface area contributed by atoms with E-state index >= 15 is 0 Å². The minimum atomic E-state index is 0.201. The van der Waals surface area contributed by atoms with Gasteiger partial charge in [-0.3, -0.25) is 0 Å². The maximum Gasteiger partial charge on any atom is 0.123 e. The fraction of sp³-hybridized carbons (Fsp3) is 0.636. The maximum atomic E-state index is 5.53. The number of rotatable bonds is 1. The molecule has 2 heteroatoms. The summed E-state index contributed by atoms with van der Waals surface area (Å²) in [5.74, 6) is 1.15. The van der Waals surface area contributed by atoms with Crippen LogP contribution in [-0.4, -0.2) is 6.04 Å². The summed E-state index contributed by atoms with van der Waals surface area (Å²) in [6.45, 7) is 0. The van der Waals surface area contributed by atoms with Crippen molar-refractivity contribution in [3.63, 3.8) is 0 Å². The highest BCUT2D eigenvalue weighted by atomic mass is 16.3. The van der Waals surface area contributed by atoms with Crippen molar-refractivity contribution in [2.24, 2.45) is 0 Å². The van der Waals surface area contributed by atoms with Crippen LogP contribution in [0.5, 0.6) is 0 Å². The predicted molar refractivity (Wildman–Crippen MR) is 50.4 cm³/mol. The molecule has 2 unspecified atom stereocenters. The molecule has 2 saturated heterocycles. The number of hydrogen-bond donors (Lipinski definition) is 1. The molecule has 2 aliphatic rings. The highest BCUT2D eigenvalue weighted by Gasteiger charge is 2.44. The second-order valence-electron chi connectivity index (χ2n) is 4.33. The van der Waals surface area contributed by atoms with E-state index in [0.29, 0.717) is 0 Å². The SMILES string of the molecule is c1coc(C23CCCC(CC2)N3)c1. The number of piperidine rings is 1. The van der Waals surface area contributed by atoms with Crippen molar-refractivity contribution in [3.8, 4) is 0 Å². The monoisotopic (exact) mass is 177 g/mol. The molecule has 2 bridgehead atoms. The molecule has 70 valence electrons. The molecule has 1 aromatic rings. The van der Waals surface area contributed by atoms with Crippen LogP contribution in [0.3, 0.4) is 0 Å². The van der Waals surface area contributed by atoms with Gasteiger partial charge in [-0.15, -0.1) is 0 Å². The van der Waals surface area contributed by atoms with Crippen molar-refractivity contribution in [2.75, 3.05) is 0 Å². The van der Waals surface area contributed by atoms with Gasteiger partial charge in [-0.2, -0.15) is 0 Å². The Bertz CT molecular complexity index is 289. The first-order valence-electron chi connectivity index (χ1n) is 5.21. The fourth-order valence-electron chi connectivity index (χ4n) is 2.89. The number of hydrogen-bond acceptors (Lipinski definition) is 2. The van der Waals surface area contributed by atoms with Crippen LogP contribution >= 0.6 is 0 Å². The van der Waals surface area contributed by atoms with E-state index in [-0.39, 0.29) is 5.54 Å². The molecular weight excluding hydrogens is 162 g/mol. The zero-order valence-corrected chi connectivity index (χ0v) is 7.75. The van der Waals surface area contributed by atoms with Gasteiger partial charge in [0, 0.05) is 6.04 Å². The van der Waals surface area contributed by atoms with Crippen LogP contribution in [-0.2, 0) is 5.54 Å². The van der Waals surface area contributed by atoms with Gasteiger partial charge < -0.3 is 9.73 Å². The lowest BCUT2D eigenvalue weighted by atomic mass is 9.88. The average Bonchev–Trinajstić information content (AvgIpc) is 2.75. The van der Waals surface area contributed by atoms with Gasteiger partial charge in [0.25, 0.3) is 0 Å². The predicted octanol–water partition coefficient (Wildman–Crippen LogP) is 2.41. The van der Waals surface area contributed by atoms with E-state index in [0.717, 1.165) is 11.8 Å². The van der Waals surface area contributed by atoms with Crippen molar-refractivity contribution in [2.45, 2.75) is 43.7 Å². The molecule has 1 aromatic heterocycles. The van der Waals surface area contributed by atoms with Crippen molar-refractivity contribution < 1.29 is 4.42 Å². The lowest BCUT2D eigenvalue weighted by molar-refractivity contribution is 0.235. The Balaban J connectivity index is 1.97. The largest absolute Gasteiger partial charge is 0.467 e. The van der Waals surface area contributed by atoms with E-state index < -0.39 is 0 Å². The summed E-state index contributed by atoms with van der Waals surface area (Å²) in [5, 5.41) is 3.71. The molecule has 0 aliphatic carbocycles. The van der Waals surface area contributed by atoms with Gasteiger partial charge in [0.2, 0.25) is 0 Å². The van der Waals surface area contributed by atoms with E-state index in [1.807, 2.05) is 6.07 Å². The van der Waals surface area contributed by atoms with E-state index in [1.54, 1.807) is 6.26 Å². The second-order valence-corrected chi connectivity index (χ2v) is 4.33. The molecule has 1 N–H and O–H groups in total. The molecule has 3 rings (SSSR count). The highest BCUT2D eigenvalue weighted by molar-refractivity contribution is 5.17. The van der Waals surface area contributed by atoms with E-state index in [4.69, 9.17) is 4.42 Å². The molecular formula is C11H15NO. The van der Waals surface area contributed by atoms with E-state index in [1.165, 1.54) is 32.1 Å². The molecule has 2 fully saturated rings. The first kappa shape index (κ1) is 7.63. The van der Waals surface area contributed by atoms with Gasteiger partial charge in [-0.1, -0.05) is 0 Å². The summed E-state index contributed by atoms with van der Waals surface area (Å²) in [6, 6.07) is 4.85. The summed E-state index contributed by atoms with van der Waals surface area (Å²) >= 11 is 0. The van der Waals surface area contributed by atoms with Gasteiger partial charge in [-0.25, -0.2) is 0 Å². The van der Waals surface area contributed by atoms with Gasteiger partial charge in [0.1, 0.15) is 5.76 Å². The lowest BCUT2D eigenvalue weighted by Crippen LogP contribution is -2.43. The van der Waals surface area contributed by atoms with Crippen LogP contribution in [0.4, 0.5) is 0 Å². The van der Waals surface area contributed by atoms with Crippen LogP contribution in [0, 0.1) is 0 Å². The Morgan fingerprint density at radius 1 is 1.38 bits per heavy atom. The van der Waals surface area contributed by atoms with Crippen molar-refractivity contribution >= 4 is 0 Å². The summed E-state index contributed by atoms with van der Waals surface area (Å²) < 4.78 is 5.53. The highest BCUT2D eigenvalue weighted by Crippen LogP contribution is 2.42. The Hall–Kier alpha value is -0.760. The zero-order chi connectivity index (χ0) is 8.73. The third-order valence-electron chi connectivity index (χ3n) is 3.55. The second kappa shape index (κ2) is 2.61. The van der Waals surface area contributed by atoms with Crippen LogP contribution in [0.15, 0.2) is 22.8 Å². The lowest BCUT2D eigenvalue weighted by Gasteiger charge is -2.32. The van der Waals surface area contributed by atoms with Crippen molar-refractivity contribution in [1.82, 2.24) is 5.32 Å². The van der Waals surface area contributed by atoms with Crippen LogP contribution in [0.25, 0.3) is 0 Å². The molecule has 13 heavy (non-hydrogen) atoms. The van der Waals surface area contributed by atoms with Crippen LogP contribution < -0.4 is 5.32 Å². The molecule has 2 aliphatic heterocycles. The number of furan rings is 1. The quantitative estimate of drug-likeness (QED) is 0.712. The summed E-state index contributed by atoms with van der Waals surface area (Å²) in [6.07, 6.45) is 8.30. The molecule has 3 heterocycles. The fourth-order valence-corrected chi connectivity index (χ4v) is 2.89. The average molecular weight is 177 g/mol. The summed E-state index contributed by atoms with van der Waals surface area (Å²) in [5.41, 5.74) is 0.201. The Morgan fingerprint density at radius 3 is 3.23 bits per heavy atom. The van der Waals surface area contributed by atoms with E-state index in [2.05, 4.69) is 11.4 Å². The zero-order valence-electron chi connectivity index (χ0n) is 7.75. The standard InChI is InChI=1S/C11H15NO/c1-3-9-5-7-11(6-1,12-9)10-4-2-8-13-10/h2,4,8-9,12H,1,3,5-7H2. The summed E-state index contributed by atoms with van der Waals surface area (Å²) in [7, 11) is 0. The van der Waals surface area contributed by atoms with Gasteiger partial charge in [-0.05, 0) is 44.2 Å². The first-order valence-corrected chi connectivity index (χ1v) is 5.21. The molecule has 2 atom stereocenters. The van der Waals surface area contributed by atoms with Gasteiger partial charge in [0.05, 0.1) is 11.8 Å². The van der Waals surface area contributed by atoms with Crippen LogP contribution in [0.2, 0.25) is 0 Å². The minimum absolute atomic E-state index is 0.201. The number of fused-ring (bicyclic) bond motifs is 2. The Kier molecular flexibility index (Phi) is 1.53. The normalized spacial score (nSPS) is 38.0. The Labute approximate surface area is 78.3 Å². The van der Waals surface area contributed by atoms with Gasteiger partial charge in [0.15, 0.2) is 0 Å². The molecule has 0 spiro atoms. The third kappa shape index (κ3) is 1.05. The third-order valence-corrected chi connectivity index (χ3v) is 3.55. The molecule has 0 saturated carbocycles. The first-order chi connectivity index (χ1) is 6.39. The van der Waals surface area contributed by atoms with Crippen molar-refractivity contribution in [3.05, 3.63) is 24.2 Å². The minimum Gasteiger partial charge on any atom is -0.467 e. The number of nitrogens with one attached hydrogen (secondary N) is 1.